The molecule has 136 valence electrons. The van der Waals surface area contributed by atoms with Gasteiger partial charge in [-0.15, -0.1) is 0 Å². The summed E-state index contributed by atoms with van der Waals surface area (Å²) in [6.45, 7) is 0.568. The first-order chi connectivity index (χ1) is 13.0. The highest BCUT2D eigenvalue weighted by atomic mass is 35.5. The van der Waals surface area contributed by atoms with E-state index < -0.39 is 0 Å². The van der Waals surface area contributed by atoms with E-state index in [9.17, 15) is 9.18 Å². The topological polar surface area (TPSA) is 20.3 Å². The van der Waals surface area contributed by atoms with E-state index >= 15 is 0 Å². The lowest BCUT2D eigenvalue weighted by atomic mass is 9.87. The summed E-state index contributed by atoms with van der Waals surface area (Å²) in [6.07, 6.45) is 0.765. The molecule has 3 aromatic rings. The number of rotatable bonds is 2. The molecule has 0 aromatic heterocycles. The SMILES string of the molecule is O=C(c1ccc(Cl)c(Cl)c1)N1CCc2ccccc2[C@H]1c1ccc(F)cc1. The Morgan fingerprint density at radius 2 is 1.70 bits per heavy atom. The summed E-state index contributed by atoms with van der Waals surface area (Å²) in [6, 6.07) is 19.0. The zero-order valence-electron chi connectivity index (χ0n) is 14.3. The molecule has 0 radical (unpaired) electrons. The first kappa shape index (κ1) is 18.0. The molecule has 0 bridgehead atoms. The van der Waals surface area contributed by atoms with Crippen LogP contribution in [0.4, 0.5) is 4.39 Å². The zero-order valence-corrected chi connectivity index (χ0v) is 15.8. The van der Waals surface area contributed by atoms with Crippen molar-refractivity contribution in [3.05, 3.63) is 105 Å². The zero-order chi connectivity index (χ0) is 19.0. The molecule has 0 saturated carbocycles. The predicted octanol–water partition coefficient (Wildman–Crippen LogP) is 5.92. The van der Waals surface area contributed by atoms with Crippen molar-refractivity contribution in [3.8, 4) is 0 Å². The van der Waals surface area contributed by atoms with Crippen LogP contribution in [0.25, 0.3) is 0 Å². The normalized spacial score (nSPS) is 16.1. The minimum absolute atomic E-state index is 0.127. The van der Waals surface area contributed by atoms with Gasteiger partial charge in [0.25, 0.3) is 5.91 Å². The van der Waals surface area contributed by atoms with Gasteiger partial charge in [0, 0.05) is 12.1 Å². The molecule has 0 fully saturated rings. The second-order valence-electron chi connectivity index (χ2n) is 6.53. The van der Waals surface area contributed by atoms with Crippen molar-refractivity contribution in [1.29, 1.82) is 0 Å². The number of carbonyl (C=O) groups is 1. The number of carbonyl (C=O) groups excluding carboxylic acids is 1. The second kappa shape index (κ2) is 7.34. The van der Waals surface area contributed by atoms with Crippen molar-refractivity contribution in [3.63, 3.8) is 0 Å². The molecule has 5 heteroatoms. The van der Waals surface area contributed by atoms with Gasteiger partial charge in [0.2, 0.25) is 0 Å². The third-order valence-corrected chi connectivity index (χ3v) is 5.64. The maximum Gasteiger partial charge on any atom is 0.254 e. The molecule has 0 N–H and O–H groups in total. The lowest BCUT2D eigenvalue weighted by molar-refractivity contribution is 0.0694. The van der Waals surface area contributed by atoms with Gasteiger partial charge < -0.3 is 4.90 Å². The van der Waals surface area contributed by atoms with Gasteiger partial charge in [-0.3, -0.25) is 4.79 Å². The van der Waals surface area contributed by atoms with Gasteiger partial charge >= 0.3 is 0 Å². The Labute approximate surface area is 167 Å². The molecule has 1 aliphatic heterocycles. The van der Waals surface area contributed by atoms with E-state index in [0.29, 0.717) is 22.2 Å². The average Bonchev–Trinajstić information content (AvgIpc) is 2.69. The van der Waals surface area contributed by atoms with Crippen molar-refractivity contribution in [2.75, 3.05) is 6.54 Å². The van der Waals surface area contributed by atoms with Crippen LogP contribution in [0.2, 0.25) is 10.0 Å². The number of benzene rings is 3. The van der Waals surface area contributed by atoms with Crippen LogP contribution in [0.1, 0.15) is 33.1 Å². The molecular weight excluding hydrogens is 384 g/mol. The Kier molecular flexibility index (Phi) is 4.90. The number of nitrogens with zero attached hydrogens (tertiary/aromatic N) is 1. The smallest absolute Gasteiger partial charge is 0.254 e. The summed E-state index contributed by atoms with van der Waals surface area (Å²) < 4.78 is 13.4. The molecule has 4 rings (SSSR count). The number of hydrogen-bond acceptors (Lipinski definition) is 1. The van der Waals surface area contributed by atoms with Gasteiger partial charge in [0.05, 0.1) is 16.1 Å². The van der Waals surface area contributed by atoms with Crippen LogP contribution in [0, 0.1) is 5.82 Å². The number of amides is 1. The first-order valence-corrected chi connectivity index (χ1v) is 9.39. The molecule has 3 aromatic carbocycles. The van der Waals surface area contributed by atoms with Crippen molar-refractivity contribution in [2.45, 2.75) is 12.5 Å². The molecule has 0 spiro atoms. The molecule has 2 nitrogen and oxygen atoms in total. The Bertz CT molecular complexity index is 1000. The van der Waals surface area contributed by atoms with Gasteiger partial charge in [-0.05, 0) is 53.4 Å². The van der Waals surface area contributed by atoms with Crippen LogP contribution in [-0.4, -0.2) is 17.4 Å². The lowest BCUT2D eigenvalue weighted by Crippen LogP contribution is -2.40. The Balaban J connectivity index is 1.79. The molecular formula is C22H16Cl2FNO. The van der Waals surface area contributed by atoms with Gasteiger partial charge in [-0.25, -0.2) is 4.39 Å². The van der Waals surface area contributed by atoms with E-state index in [4.69, 9.17) is 23.2 Å². The quantitative estimate of drug-likeness (QED) is 0.523. The minimum Gasteiger partial charge on any atom is -0.327 e. The van der Waals surface area contributed by atoms with Crippen molar-refractivity contribution in [2.24, 2.45) is 0 Å². The second-order valence-corrected chi connectivity index (χ2v) is 7.34. The summed E-state index contributed by atoms with van der Waals surface area (Å²) in [7, 11) is 0. The Hall–Kier alpha value is -2.36. The van der Waals surface area contributed by atoms with Crippen LogP contribution < -0.4 is 0 Å². The van der Waals surface area contributed by atoms with Crippen LogP contribution >= 0.6 is 23.2 Å². The molecule has 1 aliphatic rings. The fraction of sp³-hybridized carbons (Fsp3) is 0.136. The lowest BCUT2D eigenvalue weighted by Gasteiger charge is -2.38. The van der Waals surface area contributed by atoms with Crippen LogP contribution in [0.3, 0.4) is 0 Å². The van der Waals surface area contributed by atoms with Crippen molar-refractivity contribution in [1.82, 2.24) is 4.90 Å². The van der Waals surface area contributed by atoms with E-state index in [1.807, 2.05) is 23.1 Å². The molecule has 0 unspecified atom stereocenters. The van der Waals surface area contributed by atoms with Crippen LogP contribution in [0.5, 0.6) is 0 Å². The number of hydrogen-bond donors (Lipinski definition) is 0. The summed E-state index contributed by atoms with van der Waals surface area (Å²) in [5.74, 6) is -0.428. The van der Waals surface area contributed by atoms with E-state index in [-0.39, 0.29) is 17.8 Å². The molecule has 1 heterocycles. The monoisotopic (exact) mass is 399 g/mol. The van der Waals surface area contributed by atoms with Gasteiger partial charge in [-0.2, -0.15) is 0 Å². The molecule has 0 saturated heterocycles. The van der Waals surface area contributed by atoms with E-state index in [1.54, 1.807) is 30.3 Å². The van der Waals surface area contributed by atoms with Crippen LogP contribution in [-0.2, 0) is 6.42 Å². The molecule has 1 amide bonds. The summed E-state index contributed by atoms with van der Waals surface area (Å²) in [5.41, 5.74) is 3.61. The van der Waals surface area contributed by atoms with E-state index in [0.717, 1.165) is 17.5 Å². The largest absolute Gasteiger partial charge is 0.327 e. The highest BCUT2D eigenvalue weighted by molar-refractivity contribution is 6.42. The first-order valence-electron chi connectivity index (χ1n) is 8.64. The van der Waals surface area contributed by atoms with Crippen molar-refractivity contribution >= 4 is 29.1 Å². The fourth-order valence-corrected chi connectivity index (χ4v) is 3.88. The predicted molar refractivity (Wildman–Crippen MR) is 106 cm³/mol. The molecule has 1 atom stereocenters. The third kappa shape index (κ3) is 3.45. The Morgan fingerprint density at radius 3 is 2.44 bits per heavy atom. The molecule has 27 heavy (non-hydrogen) atoms. The number of halogens is 3. The van der Waals surface area contributed by atoms with E-state index in [2.05, 4.69) is 6.07 Å². The summed E-state index contributed by atoms with van der Waals surface area (Å²) in [4.78, 5) is 15.1. The highest BCUT2D eigenvalue weighted by Crippen LogP contribution is 2.36. The Morgan fingerprint density at radius 1 is 0.963 bits per heavy atom. The summed E-state index contributed by atoms with van der Waals surface area (Å²) >= 11 is 12.1. The number of fused-ring (bicyclic) bond motifs is 1. The summed E-state index contributed by atoms with van der Waals surface area (Å²) in [5, 5.41) is 0.755. The van der Waals surface area contributed by atoms with E-state index in [1.165, 1.54) is 17.7 Å². The van der Waals surface area contributed by atoms with Gasteiger partial charge in [-0.1, -0.05) is 59.6 Å². The minimum atomic E-state index is -0.301. The maximum atomic E-state index is 13.4. The van der Waals surface area contributed by atoms with Gasteiger partial charge in [0.15, 0.2) is 0 Å². The van der Waals surface area contributed by atoms with Crippen molar-refractivity contribution < 1.29 is 9.18 Å². The average molecular weight is 400 g/mol. The van der Waals surface area contributed by atoms with Crippen LogP contribution in [0.15, 0.2) is 66.7 Å². The fourth-order valence-electron chi connectivity index (χ4n) is 3.58. The standard InChI is InChI=1S/C22H16Cl2FNO/c23-19-10-7-16(13-20(19)24)22(27)26-12-11-14-3-1-2-4-18(14)21(26)15-5-8-17(25)9-6-15/h1-10,13,21H,11-12H2/t21-/m1/s1. The van der Waals surface area contributed by atoms with Gasteiger partial charge in [0.1, 0.15) is 5.82 Å². The maximum absolute atomic E-state index is 13.4. The molecule has 0 aliphatic carbocycles. The third-order valence-electron chi connectivity index (χ3n) is 4.90. The highest BCUT2D eigenvalue weighted by Gasteiger charge is 2.32.